The molecule has 1 aliphatic heterocycles. The summed E-state index contributed by atoms with van der Waals surface area (Å²) in [5.41, 5.74) is 1.71. The lowest BCUT2D eigenvalue weighted by Crippen LogP contribution is -2.44. The first-order chi connectivity index (χ1) is 14.2. The maximum absolute atomic E-state index is 13.1. The lowest BCUT2D eigenvalue weighted by Gasteiger charge is -2.30. The van der Waals surface area contributed by atoms with Crippen LogP contribution in [0.15, 0.2) is 23.4 Å². The minimum atomic E-state index is -3.06. The van der Waals surface area contributed by atoms with Crippen LogP contribution in [-0.2, 0) is 25.9 Å². The highest BCUT2D eigenvalue weighted by molar-refractivity contribution is 7.99. The van der Waals surface area contributed by atoms with E-state index in [-0.39, 0.29) is 35.1 Å². The van der Waals surface area contributed by atoms with E-state index in [1.165, 1.54) is 11.8 Å². The molecule has 1 unspecified atom stereocenters. The lowest BCUT2D eigenvalue weighted by molar-refractivity contribution is -0.130. The van der Waals surface area contributed by atoms with Gasteiger partial charge in [0, 0.05) is 31.3 Å². The summed E-state index contributed by atoms with van der Waals surface area (Å²) in [4.78, 5) is 19.5. The van der Waals surface area contributed by atoms with Gasteiger partial charge < -0.3 is 14.2 Å². The molecule has 2 aromatic rings. The number of fused-ring (bicyclic) bond motifs is 1. The Labute approximate surface area is 187 Å². The molecule has 0 saturated carbocycles. The van der Waals surface area contributed by atoms with Gasteiger partial charge in [-0.05, 0) is 30.5 Å². The molecule has 2 heterocycles. The number of rotatable bonds is 9. The molecule has 1 amide bonds. The highest BCUT2D eigenvalue weighted by Crippen LogP contribution is 2.27. The van der Waals surface area contributed by atoms with E-state index in [9.17, 15) is 13.2 Å². The molecule has 10 heteroatoms. The van der Waals surface area contributed by atoms with Crippen molar-refractivity contribution in [1.82, 2.24) is 14.5 Å². The van der Waals surface area contributed by atoms with E-state index < -0.39 is 9.84 Å². The predicted octanol–water partition coefficient (Wildman–Crippen LogP) is 3.10. The first-order valence-electron chi connectivity index (χ1n) is 9.97. The second-order valence-electron chi connectivity index (χ2n) is 7.96. The minimum Gasteiger partial charge on any atom is -0.383 e. The van der Waals surface area contributed by atoms with Gasteiger partial charge in [0.2, 0.25) is 5.91 Å². The van der Waals surface area contributed by atoms with Gasteiger partial charge in [0.25, 0.3) is 0 Å². The van der Waals surface area contributed by atoms with Crippen LogP contribution in [-0.4, -0.2) is 72.3 Å². The highest BCUT2D eigenvalue weighted by Gasteiger charge is 2.34. The first-order valence-corrected chi connectivity index (χ1v) is 13.2. The van der Waals surface area contributed by atoms with E-state index in [0.29, 0.717) is 31.1 Å². The van der Waals surface area contributed by atoms with Crippen molar-refractivity contribution in [3.05, 3.63) is 23.2 Å². The van der Waals surface area contributed by atoms with E-state index in [0.717, 1.165) is 16.2 Å². The SMILES string of the molecule is COCCn1c(SCC(=O)N(CC(C)C)C2CCS(=O)(=O)C2)nc2cc(Cl)ccc21. The second-order valence-corrected chi connectivity index (χ2v) is 11.6. The zero-order valence-corrected chi connectivity index (χ0v) is 19.9. The molecule has 166 valence electrons. The molecule has 1 aromatic heterocycles. The summed E-state index contributed by atoms with van der Waals surface area (Å²) < 4.78 is 31.1. The van der Waals surface area contributed by atoms with Crippen LogP contribution >= 0.6 is 23.4 Å². The van der Waals surface area contributed by atoms with Crippen molar-refractivity contribution in [1.29, 1.82) is 0 Å². The number of halogens is 1. The number of carbonyl (C=O) groups excluding carboxylic acids is 1. The Morgan fingerprint density at radius 3 is 2.83 bits per heavy atom. The van der Waals surface area contributed by atoms with Crippen LogP contribution < -0.4 is 0 Å². The Morgan fingerprint density at radius 2 is 2.20 bits per heavy atom. The average Bonchev–Trinajstić information content (AvgIpc) is 3.21. The summed E-state index contributed by atoms with van der Waals surface area (Å²) >= 11 is 7.47. The Balaban J connectivity index is 1.78. The maximum Gasteiger partial charge on any atom is 0.233 e. The molecule has 1 fully saturated rings. The van der Waals surface area contributed by atoms with Crippen molar-refractivity contribution < 1.29 is 17.9 Å². The summed E-state index contributed by atoms with van der Waals surface area (Å²) in [6, 6.07) is 5.30. The molecule has 1 atom stereocenters. The number of methoxy groups -OCH3 is 1. The van der Waals surface area contributed by atoms with Gasteiger partial charge in [-0.1, -0.05) is 37.2 Å². The topological polar surface area (TPSA) is 81.5 Å². The third kappa shape index (κ3) is 5.69. The van der Waals surface area contributed by atoms with Crippen LogP contribution in [0.2, 0.25) is 5.02 Å². The fourth-order valence-electron chi connectivity index (χ4n) is 3.67. The molecule has 3 rings (SSSR count). The molecule has 30 heavy (non-hydrogen) atoms. The predicted molar refractivity (Wildman–Crippen MR) is 121 cm³/mol. The van der Waals surface area contributed by atoms with Crippen molar-refractivity contribution in [3.8, 4) is 0 Å². The number of thioether (sulfide) groups is 1. The molecule has 0 aliphatic carbocycles. The van der Waals surface area contributed by atoms with Crippen LogP contribution in [0.1, 0.15) is 20.3 Å². The number of hydrogen-bond acceptors (Lipinski definition) is 6. The number of nitrogens with zero attached hydrogens (tertiary/aromatic N) is 3. The first kappa shape index (κ1) is 23.4. The molecule has 0 radical (unpaired) electrons. The quantitative estimate of drug-likeness (QED) is 0.520. The number of benzene rings is 1. The Morgan fingerprint density at radius 1 is 1.43 bits per heavy atom. The standard InChI is InChI=1S/C20H28ClN3O4S2/c1-14(2)11-24(16-6-9-30(26,27)13-16)19(25)12-29-20-22-17-10-15(21)4-5-18(17)23(20)7-8-28-3/h4-5,10,14,16H,6-9,11-13H2,1-3H3. The van der Waals surface area contributed by atoms with Crippen LogP contribution in [0.4, 0.5) is 0 Å². The van der Waals surface area contributed by atoms with Crippen molar-refractivity contribution >= 4 is 50.1 Å². The normalized spacial score (nSPS) is 18.4. The molecule has 0 spiro atoms. The number of ether oxygens (including phenoxy) is 1. The van der Waals surface area contributed by atoms with Gasteiger partial charge in [0.15, 0.2) is 15.0 Å². The van der Waals surface area contributed by atoms with E-state index >= 15 is 0 Å². The molecule has 1 saturated heterocycles. The van der Waals surface area contributed by atoms with Gasteiger partial charge in [-0.15, -0.1) is 0 Å². The molecular formula is C20H28ClN3O4S2. The van der Waals surface area contributed by atoms with E-state index in [1.807, 2.05) is 30.5 Å². The molecule has 0 bridgehead atoms. The monoisotopic (exact) mass is 473 g/mol. The van der Waals surface area contributed by atoms with E-state index in [4.69, 9.17) is 16.3 Å². The number of sulfone groups is 1. The molecule has 0 N–H and O–H groups in total. The lowest BCUT2D eigenvalue weighted by atomic mass is 10.1. The molecular weight excluding hydrogens is 446 g/mol. The van der Waals surface area contributed by atoms with Crippen LogP contribution in [0.5, 0.6) is 0 Å². The number of hydrogen-bond donors (Lipinski definition) is 0. The van der Waals surface area contributed by atoms with Gasteiger partial charge in [-0.25, -0.2) is 13.4 Å². The van der Waals surface area contributed by atoms with Gasteiger partial charge in [0.1, 0.15) is 0 Å². The second kappa shape index (κ2) is 9.89. The number of imidazole rings is 1. The Bertz CT molecular complexity index is 1010. The number of carbonyl (C=O) groups is 1. The molecule has 1 aromatic carbocycles. The molecule has 1 aliphatic rings. The summed E-state index contributed by atoms with van der Waals surface area (Å²) in [7, 11) is -1.41. The van der Waals surface area contributed by atoms with Crippen molar-refractivity contribution in [3.63, 3.8) is 0 Å². The van der Waals surface area contributed by atoms with Crippen LogP contribution in [0.25, 0.3) is 11.0 Å². The summed E-state index contributed by atoms with van der Waals surface area (Å²) in [5.74, 6) is 0.615. The van der Waals surface area contributed by atoms with Gasteiger partial charge in [-0.3, -0.25) is 4.79 Å². The Hall–Kier alpha value is -1.29. The number of amides is 1. The van der Waals surface area contributed by atoms with Crippen LogP contribution in [0, 0.1) is 5.92 Å². The summed E-state index contributed by atoms with van der Waals surface area (Å²) in [6.45, 7) is 5.75. The zero-order chi connectivity index (χ0) is 21.9. The summed E-state index contributed by atoms with van der Waals surface area (Å²) in [6.07, 6.45) is 0.510. The zero-order valence-electron chi connectivity index (χ0n) is 17.5. The van der Waals surface area contributed by atoms with Gasteiger partial charge in [0.05, 0.1) is 34.9 Å². The third-order valence-electron chi connectivity index (χ3n) is 5.05. The number of aromatic nitrogens is 2. The van der Waals surface area contributed by atoms with E-state index in [2.05, 4.69) is 4.98 Å². The minimum absolute atomic E-state index is 0.0563. The fourth-order valence-corrected chi connectivity index (χ4v) is 6.49. The van der Waals surface area contributed by atoms with Gasteiger partial charge in [-0.2, -0.15) is 0 Å². The highest BCUT2D eigenvalue weighted by atomic mass is 35.5. The maximum atomic E-state index is 13.1. The Kier molecular flexibility index (Phi) is 7.71. The third-order valence-corrected chi connectivity index (χ3v) is 8.00. The summed E-state index contributed by atoms with van der Waals surface area (Å²) in [5, 5.41) is 1.33. The molecule has 7 nitrogen and oxygen atoms in total. The van der Waals surface area contributed by atoms with Crippen LogP contribution in [0.3, 0.4) is 0 Å². The van der Waals surface area contributed by atoms with E-state index in [1.54, 1.807) is 18.1 Å². The average molecular weight is 474 g/mol. The van der Waals surface area contributed by atoms with Crippen molar-refractivity contribution in [2.75, 3.05) is 37.5 Å². The largest absolute Gasteiger partial charge is 0.383 e. The van der Waals surface area contributed by atoms with Crippen molar-refractivity contribution in [2.24, 2.45) is 5.92 Å². The smallest absolute Gasteiger partial charge is 0.233 e. The van der Waals surface area contributed by atoms with Crippen molar-refractivity contribution in [2.45, 2.75) is 38.0 Å². The van der Waals surface area contributed by atoms with Gasteiger partial charge >= 0.3 is 0 Å². The fraction of sp³-hybridized carbons (Fsp3) is 0.600.